The van der Waals surface area contributed by atoms with Gasteiger partial charge in [-0.1, -0.05) is 0 Å². The van der Waals surface area contributed by atoms with E-state index >= 15 is 0 Å². The largest absolute Gasteiger partial charge is 0.396 e. The molecule has 1 aromatic rings. The number of hydrogen-bond donors (Lipinski definition) is 1. The SMILES string of the molecule is COCCN(c1nc(C)ccc1N)C(C)C1CC1. The number of anilines is 2. The van der Waals surface area contributed by atoms with E-state index < -0.39 is 0 Å². The molecule has 0 spiro atoms. The fraction of sp³-hybridized carbons (Fsp3) is 0.643. The molecular weight excluding hydrogens is 226 g/mol. The average Bonchev–Trinajstić information content (AvgIpc) is 3.17. The van der Waals surface area contributed by atoms with Crippen LogP contribution in [0.3, 0.4) is 0 Å². The summed E-state index contributed by atoms with van der Waals surface area (Å²) in [6.45, 7) is 5.80. The zero-order chi connectivity index (χ0) is 13.1. The molecule has 2 N–H and O–H groups in total. The third-order valence-corrected chi connectivity index (χ3v) is 3.65. The summed E-state index contributed by atoms with van der Waals surface area (Å²) in [5.74, 6) is 1.69. The minimum Gasteiger partial charge on any atom is -0.396 e. The molecule has 0 radical (unpaired) electrons. The summed E-state index contributed by atoms with van der Waals surface area (Å²) in [5.41, 5.74) is 7.83. The monoisotopic (exact) mass is 249 g/mol. The lowest BCUT2D eigenvalue weighted by atomic mass is 10.1. The molecule has 0 bridgehead atoms. The number of nitrogens with zero attached hydrogens (tertiary/aromatic N) is 2. The van der Waals surface area contributed by atoms with Gasteiger partial charge < -0.3 is 15.4 Å². The molecule has 0 saturated heterocycles. The average molecular weight is 249 g/mol. The van der Waals surface area contributed by atoms with Crippen LogP contribution < -0.4 is 10.6 Å². The van der Waals surface area contributed by atoms with Gasteiger partial charge in [0.15, 0.2) is 5.82 Å². The molecule has 18 heavy (non-hydrogen) atoms. The Hall–Kier alpha value is -1.29. The van der Waals surface area contributed by atoms with E-state index in [0.29, 0.717) is 12.6 Å². The van der Waals surface area contributed by atoms with Crippen molar-refractivity contribution in [2.24, 2.45) is 5.92 Å². The normalized spacial score (nSPS) is 16.6. The zero-order valence-corrected chi connectivity index (χ0v) is 11.5. The molecule has 0 aliphatic heterocycles. The van der Waals surface area contributed by atoms with Gasteiger partial charge in [0.05, 0.1) is 12.3 Å². The van der Waals surface area contributed by atoms with Crippen molar-refractivity contribution in [1.29, 1.82) is 0 Å². The van der Waals surface area contributed by atoms with E-state index in [9.17, 15) is 0 Å². The van der Waals surface area contributed by atoms with Crippen molar-refractivity contribution in [3.63, 3.8) is 0 Å². The van der Waals surface area contributed by atoms with Gasteiger partial charge in [-0.3, -0.25) is 0 Å². The summed E-state index contributed by atoms with van der Waals surface area (Å²) in [4.78, 5) is 6.90. The van der Waals surface area contributed by atoms with Crippen molar-refractivity contribution in [3.8, 4) is 0 Å². The van der Waals surface area contributed by atoms with E-state index in [1.807, 2.05) is 19.1 Å². The number of pyridine rings is 1. The van der Waals surface area contributed by atoms with Crippen molar-refractivity contribution in [2.45, 2.75) is 32.7 Å². The van der Waals surface area contributed by atoms with E-state index in [1.165, 1.54) is 12.8 Å². The lowest BCUT2D eigenvalue weighted by molar-refractivity contribution is 0.202. The van der Waals surface area contributed by atoms with Gasteiger partial charge in [-0.2, -0.15) is 0 Å². The first-order valence-corrected chi connectivity index (χ1v) is 6.62. The summed E-state index contributed by atoms with van der Waals surface area (Å²) in [6.07, 6.45) is 2.63. The molecule has 1 unspecified atom stereocenters. The number of aryl methyl sites for hydroxylation is 1. The molecule has 1 atom stereocenters. The Balaban J connectivity index is 2.22. The fourth-order valence-electron chi connectivity index (χ4n) is 2.31. The van der Waals surface area contributed by atoms with Gasteiger partial charge in [0, 0.05) is 25.4 Å². The fourth-order valence-corrected chi connectivity index (χ4v) is 2.31. The molecular formula is C14H23N3O. The molecule has 100 valence electrons. The Kier molecular flexibility index (Phi) is 4.07. The van der Waals surface area contributed by atoms with Crippen LogP contribution in [-0.4, -0.2) is 31.3 Å². The smallest absolute Gasteiger partial charge is 0.152 e. The summed E-state index contributed by atoms with van der Waals surface area (Å²) < 4.78 is 5.20. The Morgan fingerprint density at radius 1 is 1.50 bits per heavy atom. The highest BCUT2D eigenvalue weighted by molar-refractivity contribution is 5.63. The van der Waals surface area contributed by atoms with Gasteiger partial charge in [0.25, 0.3) is 0 Å². The van der Waals surface area contributed by atoms with Crippen LogP contribution in [0, 0.1) is 12.8 Å². The number of rotatable bonds is 6. The number of aromatic nitrogens is 1. The number of hydrogen-bond acceptors (Lipinski definition) is 4. The standard InChI is InChI=1S/C14H23N3O/c1-10-4-7-13(15)14(16-10)17(8-9-18-3)11(2)12-5-6-12/h4,7,11-12H,5-6,8-9,15H2,1-3H3. The van der Waals surface area contributed by atoms with Crippen molar-refractivity contribution in [3.05, 3.63) is 17.8 Å². The third-order valence-electron chi connectivity index (χ3n) is 3.65. The highest BCUT2D eigenvalue weighted by Gasteiger charge is 2.33. The Morgan fingerprint density at radius 2 is 2.22 bits per heavy atom. The summed E-state index contributed by atoms with van der Waals surface area (Å²) in [6, 6.07) is 4.38. The Labute approximate surface area is 109 Å². The molecule has 1 aliphatic rings. The maximum atomic E-state index is 6.08. The van der Waals surface area contributed by atoms with Crippen LogP contribution in [0.25, 0.3) is 0 Å². The molecule has 1 aromatic heterocycles. The first kappa shape index (κ1) is 13.1. The number of ether oxygens (including phenoxy) is 1. The van der Waals surface area contributed by atoms with Crippen molar-refractivity contribution < 1.29 is 4.74 Å². The third kappa shape index (κ3) is 2.93. The first-order valence-electron chi connectivity index (χ1n) is 6.62. The van der Waals surface area contributed by atoms with Gasteiger partial charge in [-0.25, -0.2) is 4.98 Å². The molecule has 1 saturated carbocycles. The van der Waals surface area contributed by atoms with Crippen molar-refractivity contribution in [2.75, 3.05) is 30.9 Å². The molecule has 4 nitrogen and oxygen atoms in total. The maximum Gasteiger partial charge on any atom is 0.152 e. The van der Waals surface area contributed by atoms with Gasteiger partial charge >= 0.3 is 0 Å². The quantitative estimate of drug-likeness (QED) is 0.840. The highest BCUT2D eigenvalue weighted by atomic mass is 16.5. The summed E-state index contributed by atoms with van der Waals surface area (Å²) >= 11 is 0. The molecule has 4 heteroatoms. The van der Waals surface area contributed by atoms with Crippen molar-refractivity contribution in [1.82, 2.24) is 4.98 Å². The lowest BCUT2D eigenvalue weighted by Crippen LogP contribution is -2.38. The van der Waals surface area contributed by atoms with Crippen LogP contribution in [0.2, 0.25) is 0 Å². The second-order valence-electron chi connectivity index (χ2n) is 5.13. The molecule has 0 amide bonds. The predicted octanol–water partition coefficient (Wildman–Crippen LogP) is 2.22. The Bertz CT molecular complexity index is 404. The van der Waals surface area contributed by atoms with E-state index in [4.69, 9.17) is 10.5 Å². The van der Waals surface area contributed by atoms with Gasteiger partial charge in [-0.05, 0) is 44.7 Å². The van der Waals surface area contributed by atoms with Crippen LogP contribution in [0.1, 0.15) is 25.5 Å². The van der Waals surface area contributed by atoms with E-state index in [-0.39, 0.29) is 0 Å². The van der Waals surface area contributed by atoms with Crippen LogP contribution in [0.5, 0.6) is 0 Å². The molecule has 2 rings (SSSR count). The maximum absolute atomic E-state index is 6.08. The number of nitrogens with two attached hydrogens (primary N) is 1. The Morgan fingerprint density at radius 3 is 2.83 bits per heavy atom. The van der Waals surface area contributed by atoms with Crippen LogP contribution >= 0.6 is 0 Å². The summed E-state index contributed by atoms with van der Waals surface area (Å²) in [7, 11) is 1.73. The second kappa shape index (κ2) is 5.57. The first-order chi connectivity index (χ1) is 8.63. The topological polar surface area (TPSA) is 51.4 Å². The highest BCUT2D eigenvalue weighted by Crippen LogP contribution is 2.37. The van der Waals surface area contributed by atoms with Crippen LogP contribution in [0.15, 0.2) is 12.1 Å². The zero-order valence-electron chi connectivity index (χ0n) is 11.5. The van der Waals surface area contributed by atoms with Crippen LogP contribution in [-0.2, 0) is 4.74 Å². The van der Waals surface area contributed by atoms with Gasteiger partial charge in [-0.15, -0.1) is 0 Å². The van der Waals surface area contributed by atoms with E-state index in [1.54, 1.807) is 7.11 Å². The minimum absolute atomic E-state index is 0.483. The molecule has 1 fully saturated rings. The minimum atomic E-state index is 0.483. The lowest BCUT2D eigenvalue weighted by Gasteiger charge is -2.31. The summed E-state index contributed by atoms with van der Waals surface area (Å²) in [5, 5.41) is 0. The molecule has 1 aliphatic carbocycles. The van der Waals surface area contributed by atoms with E-state index in [2.05, 4.69) is 16.8 Å². The van der Waals surface area contributed by atoms with Crippen LogP contribution in [0.4, 0.5) is 11.5 Å². The van der Waals surface area contributed by atoms with Gasteiger partial charge in [0.2, 0.25) is 0 Å². The molecule has 0 aromatic carbocycles. The predicted molar refractivity (Wildman–Crippen MR) is 74.8 cm³/mol. The number of methoxy groups -OCH3 is 1. The second-order valence-corrected chi connectivity index (χ2v) is 5.13. The van der Waals surface area contributed by atoms with Gasteiger partial charge in [0.1, 0.15) is 0 Å². The molecule has 1 heterocycles. The van der Waals surface area contributed by atoms with Crippen molar-refractivity contribution >= 4 is 11.5 Å². The number of nitrogen functional groups attached to an aromatic ring is 1. The van der Waals surface area contributed by atoms with E-state index in [0.717, 1.165) is 29.7 Å².